The number of nitrogens with zero attached hydrogens (tertiary/aromatic N) is 17. The van der Waals surface area contributed by atoms with Gasteiger partial charge < -0.3 is 16.0 Å². The highest BCUT2D eigenvalue weighted by atomic mass is 16.2. The highest BCUT2D eigenvalue weighted by Crippen LogP contribution is 2.30. The Bertz CT molecular complexity index is 7000. The van der Waals surface area contributed by atoms with Crippen LogP contribution in [0.3, 0.4) is 0 Å². The summed E-state index contributed by atoms with van der Waals surface area (Å²) in [5, 5.41) is 27.8. The number of carbonyl (C=O) groups excluding carboxylic acids is 3. The van der Waals surface area contributed by atoms with Crippen molar-refractivity contribution in [1.29, 1.82) is 0 Å². The summed E-state index contributed by atoms with van der Waals surface area (Å²) >= 11 is 0. The molecule has 0 unspecified atom stereocenters. The molecule has 18 rings (SSSR count). The number of rotatable bonds is 12. The van der Waals surface area contributed by atoms with E-state index in [-0.39, 0.29) is 34.4 Å². The number of carbonyl (C=O) groups is 3. The Hall–Kier alpha value is -15.1. The Balaban J connectivity index is 0.000000132. The summed E-state index contributed by atoms with van der Waals surface area (Å²) in [4.78, 5) is 110. The lowest BCUT2D eigenvalue weighted by molar-refractivity contribution is 0.0930. The van der Waals surface area contributed by atoms with E-state index in [1.165, 1.54) is 30.3 Å². The largest absolute Gasteiger partial charge is 0.342 e. The molecule has 26 nitrogen and oxygen atoms in total. The Morgan fingerprint density at radius 1 is 0.390 bits per heavy atom. The molecular weight excluding hydrogens is 1480 g/mol. The molecule has 10 aromatic heterocycles. The molecule has 0 bridgehead atoms. The van der Waals surface area contributed by atoms with Crippen molar-refractivity contribution in [1.82, 2.24) is 98.2 Å². The number of para-hydroxylation sites is 3. The van der Waals surface area contributed by atoms with Gasteiger partial charge in [-0.1, -0.05) is 128 Å². The number of aryl methyl sites for hydroxylation is 4. The van der Waals surface area contributed by atoms with Crippen LogP contribution in [0.1, 0.15) is 178 Å². The lowest BCUT2D eigenvalue weighted by atomic mass is 9.86. The second-order valence-corrected chi connectivity index (χ2v) is 29.2. The van der Waals surface area contributed by atoms with E-state index in [2.05, 4.69) is 86.8 Å². The predicted molar refractivity (Wildman–Crippen MR) is 450 cm³/mol. The summed E-state index contributed by atoms with van der Waals surface area (Å²) in [5.74, 6) is 20.5. The van der Waals surface area contributed by atoms with Gasteiger partial charge in [0.2, 0.25) is 0 Å². The molecule has 16 aromatic rings. The maximum atomic E-state index is 14.2. The van der Waals surface area contributed by atoms with Gasteiger partial charge in [-0.15, -0.1) is 0 Å². The van der Waals surface area contributed by atoms with Crippen LogP contribution in [0, 0.1) is 68.1 Å². The van der Waals surface area contributed by atoms with E-state index in [1.54, 1.807) is 129 Å². The number of aromatic nitrogens is 17. The fourth-order valence-corrected chi connectivity index (χ4v) is 15.0. The zero-order valence-electron chi connectivity index (χ0n) is 65.8. The molecule has 0 saturated heterocycles. The van der Waals surface area contributed by atoms with Gasteiger partial charge >= 0.3 is 0 Å². The minimum Gasteiger partial charge on any atom is -0.342 e. The maximum Gasteiger partial charge on any atom is 0.267 e. The van der Waals surface area contributed by atoms with Crippen molar-refractivity contribution in [3.63, 3.8) is 0 Å². The molecule has 2 aliphatic rings. The Morgan fingerprint density at radius 3 is 1.05 bits per heavy atom. The molecule has 2 saturated carbocycles. The predicted octanol–water partition coefficient (Wildman–Crippen LogP) is 12.9. The van der Waals surface area contributed by atoms with Crippen LogP contribution in [0.15, 0.2) is 228 Å². The first kappa shape index (κ1) is 76.9. The Kier molecular flexibility index (Phi) is 21.8. The first-order valence-electron chi connectivity index (χ1n) is 39.1. The second-order valence-electron chi connectivity index (χ2n) is 29.2. The van der Waals surface area contributed by atoms with Crippen molar-refractivity contribution >= 4 is 67.4 Å². The molecule has 2 aliphatic carbocycles. The van der Waals surface area contributed by atoms with E-state index in [0.29, 0.717) is 146 Å². The minimum absolute atomic E-state index is 0.213. The average molecular weight is 1560 g/mol. The van der Waals surface area contributed by atoms with E-state index in [1.807, 2.05) is 160 Å². The van der Waals surface area contributed by atoms with Crippen LogP contribution in [0.25, 0.3) is 66.7 Å². The van der Waals surface area contributed by atoms with Gasteiger partial charge in [-0.3, -0.25) is 47.2 Å². The summed E-state index contributed by atoms with van der Waals surface area (Å²) < 4.78 is 11.1. The monoisotopic (exact) mass is 1560 g/mol. The number of benzene rings is 6. The number of hydrogen-bond donors (Lipinski definition) is 3. The zero-order chi connectivity index (χ0) is 81.7. The summed E-state index contributed by atoms with van der Waals surface area (Å²) in [7, 11) is 1.81. The molecule has 118 heavy (non-hydrogen) atoms. The molecule has 26 heteroatoms. The molecular formula is C92H80N20O6. The molecule has 0 spiro atoms. The standard InChI is InChI=1S/C32H30N6O2.C30H24N8O2.C30H26N6O2/c1-21-27(30-33-19-10-20-37(30)36-21)31(39)34-22(2)29-35-26-16-9-13-24(18-17-23-11-5-3-6-12-23)28(26)32(40)38(29)25-14-7-4-8-15-25;1-19-25(28-31-16-8-18-37(28)35-19)29(39)33-20(2)27-34-24-12-7-9-21(13-14-22-15-17-32-36(22)3)26(24)30(40)38(27)23-10-5-4-6-11-23;1-19-25(28-31-17-8-18-35(28)34-19)29(37)32-20(2)27-33-24-14-7-11-22(16-15-21-9-6-10-21)26(24)30(38)36(27)23-12-4-3-5-13-23/h4,7-10,13-16,19-20,22-23H,3,5-6,11-12H2,1-2H3,(H,34,39);4-12,15-18,20H,1-3H3,(H,33,39);3-5,7-8,11-14,17-18,20-21H,6,9-10H2,1-2H3,(H,32,37)/t22-;2*20-/m000/s1. The molecule has 584 valence electrons. The maximum absolute atomic E-state index is 14.2. The topological polar surface area (TPSA) is 300 Å². The summed E-state index contributed by atoms with van der Waals surface area (Å²) in [5.41, 5.74) is 9.68. The van der Waals surface area contributed by atoms with Crippen LogP contribution < -0.4 is 32.6 Å². The Morgan fingerprint density at radius 2 is 0.729 bits per heavy atom. The lowest BCUT2D eigenvalue weighted by Gasteiger charge is -2.20. The quantitative estimate of drug-likeness (QED) is 0.0958. The fraction of sp³-hybridized carbons (Fsp3) is 0.217. The van der Waals surface area contributed by atoms with Crippen LogP contribution in [0.2, 0.25) is 0 Å². The number of nitrogens with one attached hydrogen (secondary N) is 3. The van der Waals surface area contributed by atoms with Gasteiger partial charge in [-0.05, 0) is 170 Å². The number of fused-ring (bicyclic) bond motifs is 6. The fourth-order valence-electron chi connectivity index (χ4n) is 15.0. The van der Waals surface area contributed by atoms with Crippen LogP contribution in [0.5, 0.6) is 0 Å². The van der Waals surface area contributed by atoms with E-state index in [4.69, 9.17) is 15.0 Å². The first-order valence-corrected chi connectivity index (χ1v) is 39.1. The third-order valence-electron chi connectivity index (χ3n) is 21.1. The van der Waals surface area contributed by atoms with E-state index in [0.717, 1.165) is 31.4 Å². The van der Waals surface area contributed by atoms with Gasteiger partial charge in [-0.25, -0.2) is 43.5 Å². The highest BCUT2D eigenvalue weighted by molar-refractivity contribution is 6.03. The lowest BCUT2D eigenvalue weighted by Crippen LogP contribution is -2.33. The van der Waals surface area contributed by atoms with Gasteiger partial charge in [0.15, 0.2) is 16.9 Å². The number of amides is 3. The number of hydrogen-bond acceptors (Lipinski definition) is 16. The third-order valence-corrected chi connectivity index (χ3v) is 21.1. The third kappa shape index (κ3) is 15.5. The zero-order valence-corrected chi connectivity index (χ0v) is 65.8. The van der Waals surface area contributed by atoms with Crippen LogP contribution >= 0.6 is 0 Å². The van der Waals surface area contributed by atoms with Gasteiger partial charge in [0.1, 0.15) is 39.9 Å². The van der Waals surface area contributed by atoms with E-state index in [9.17, 15) is 28.8 Å². The normalized spacial score (nSPS) is 13.4. The average Bonchev–Trinajstić information content (AvgIpc) is 1.44. The summed E-state index contributed by atoms with van der Waals surface area (Å²) in [6.07, 6.45) is 21.1. The SMILES string of the molecule is Cc1nn2cccnc2c1C(=O)N[C@@H](C)c1nc2cccc(C#CC3CCC3)c2c(=O)n1-c1ccccc1.Cc1nn2cccnc2c1C(=O)N[C@@H](C)c1nc2cccc(C#CC3CCCCC3)c2c(=O)n1-c1ccccc1.Cc1nn2cccnc2c1C(=O)N[C@@H](C)c1nc2cccc(C#Cc3ccnn3C)c2c(=O)n1-c1ccccc1. The second kappa shape index (κ2) is 33.5. The van der Waals surface area contributed by atoms with Crippen molar-refractivity contribution in [3.8, 4) is 52.6 Å². The van der Waals surface area contributed by atoms with Crippen molar-refractivity contribution in [3.05, 3.63) is 318 Å². The van der Waals surface area contributed by atoms with Crippen molar-refractivity contribution < 1.29 is 14.4 Å². The minimum atomic E-state index is -0.632. The van der Waals surface area contributed by atoms with Crippen LogP contribution in [-0.2, 0) is 7.05 Å². The van der Waals surface area contributed by atoms with Crippen molar-refractivity contribution in [2.24, 2.45) is 18.9 Å². The summed E-state index contributed by atoms with van der Waals surface area (Å²) in [6.45, 7) is 10.8. The molecule has 3 amide bonds. The van der Waals surface area contributed by atoms with Gasteiger partial charge in [-0.2, -0.15) is 20.4 Å². The van der Waals surface area contributed by atoms with E-state index >= 15 is 0 Å². The molecule has 2 fully saturated rings. The molecule has 0 radical (unpaired) electrons. The smallest absolute Gasteiger partial charge is 0.267 e. The van der Waals surface area contributed by atoms with Gasteiger partial charge in [0, 0.05) is 72.8 Å². The molecule has 6 aromatic carbocycles. The summed E-state index contributed by atoms with van der Waals surface area (Å²) in [6, 6.07) is 49.8. The van der Waals surface area contributed by atoms with Gasteiger partial charge in [0.25, 0.3) is 34.4 Å². The molecule has 0 aliphatic heterocycles. The first-order chi connectivity index (χ1) is 57.4. The van der Waals surface area contributed by atoms with Crippen LogP contribution in [0.4, 0.5) is 0 Å². The van der Waals surface area contributed by atoms with E-state index < -0.39 is 18.1 Å². The Labute approximate surface area is 676 Å². The van der Waals surface area contributed by atoms with Gasteiger partial charge in [0.05, 0.1) is 91.2 Å². The van der Waals surface area contributed by atoms with Crippen LogP contribution in [-0.4, -0.2) is 99.9 Å². The van der Waals surface area contributed by atoms with Crippen molar-refractivity contribution in [2.75, 3.05) is 0 Å². The highest BCUT2D eigenvalue weighted by Gasteiger charge is 2.30. The molecule has 10 heterocycles. The van der Waals surface area contributed by atoms with Crippen molar-refractivity contribution in [2.45, 2.75) is 111 Å². The molecule has 3 atom stereocenters. The molecule has 3 N–H and O–H groups in total.